The molecule has 0 saturated heterocycles. The van der Waals surface area contributed by atoms with E-state index in [-0.39, 0.29) is 0 Å². The van der Waals surface area contributed by atoms with Crippen molar-refractivity contribution in [2.75, 3.05) is 0 Å². The zero-order valence-electron chi connectivity index (χ0n) is 28.3. The Morgan fingerprint density at radius 2 is 0.981 bits per heavy atom. The number of hydrogen-bond donors (Lipinski definition) is 0. The van der Waals surface area contributed by atoms with Crippen LogP contribution in [0, 0.1) is 0 Å². The first kappa shape index (κ1) is 29.4. The number of ether oxygens (including phenoxy) is 1. The molecule has 248 valence electrons. The first-order chi connectivity index (χ1) is 26.3. The summed E-state index contributed by atoms with van der Waals surface area (Å²) in [6.07, 6.45) is 5.74. The molecule has 5 aromatic carbocycles. The molecule has 7 heteroatoms. The Balaban J connectivity index is 1.12. The van der Waals surface area contributed by atoms with Crippen molar-refractivity contribution in [3.05, 3.63) is 170 Å². The summed E-state index contributed by atoms with van der Waals surface area (Å²) >= 11 is 0. The SMILES string of the molecule is c1ccc(-c2cn3c4ncccc4c4ccc(Oc5ccc6c7cccnc7n7c(-c8ccccc8)c(-c8ccccc8)nc7c6c5)cc4c3n2)cc1. The predicted molar refractivity (Wildman–Crippen MR) is 212 cm³/mol. The Morgan fingerprint density at radius 1 is 0.415 bits per heavy atom. The average molecular weight is 681 g/mol. The first-order valence-electron chi connectivity index (χ1n) is 17.5. The quantitative estimate of drug-likeness (QED) is 0.169. The van der Waals surface area contributed by atoms with Crippen LogP contribution < -0.4 is 4.74 Å². The second-order valence-electron chi connectivity index (χ2n) is 13.2. The van der Waals surface area contributed by atoms with Crippen LogP contribution in [0.25, 0.3) is 88.7 Å². The number of benzene rings is 5. The number of rotatable bonds is 5. The van der Waals surface area contributed by atoms with Gasteiger partial charge in [-0.15, -0.1) is 0 Å². The smallest absolute Gasteiger partial charge is 0.147 e. The van der Waals surface area contributed by atoms with Crippen molar-refractivity contribution in [1.82, 2.24) is 28.7 Å². The Kier molecular flexibility index (Phi) is 6.42. The Bertz CT molecular complexity index is 3190. The highest BCUT2D eigenvalue weighted by atomic mass is 16.5. The summed E-state index contributed by atoms with van der Waals surface area (Å²) in [4.78, 5) is 20.2. The Hall–Kier alpha value is -7.38. The molecule has 0 bridgehead atoms. The van der Waals surface area contributed by atoms with Gasteiger partial charge in [-0.25, -0.2) is 19.9 Å². The molecule has 0 unspecified atom stereocenters. The highest BCUT2D eigenvalue weighted by Gasteiger charge is 2.22. The van der Waals surface area contributed by atoms with Gasteiger partial charge in [-0.2, -0.15) is 0 Å². The van der Waals surface area contributed by atoms with Crippen molar-refractivity contribution < 1.29 is 4.74 Å². The molecule has 0 radical (unpaired) electrons. The van der Waals surface area contributed by atoms with Crippen LogP contribution in [0.15, 0.2) is 170 Å². The molecule has 0 saturated carbocycles. The molecular weight excluding hydrogens is 653 g/mol. The van der Waals surface area contributed by atoms with Crippen molar-refractivity contribution in [3.8, 4) is 45.3 Å². The van der Waals surface area contributed by atoms with Crippen LogP contribution in [-0.2, 0) is 0 Å². The molecule has 0 fully saturated rings. The fourth-order valence-electron chi connectivity index (χ4n) is 7.68. The number of nitrogens with zero attached hydrogens (tertiary/aromatic N) is 6. The zero-order chi connectivity index (χ0) is 34.9. The Morgan fingerprint density at radius 3 is 1.64 bits per heavy atom. The number of imidazole rings is 2. The van der Waals surface area contributed by atoms with Crippen molar-refractivity contribution in [2.24, 2.45) is 0 Å². The van der Waals surface area contributed by atoms with Crippen molar-refractivity contribution in [2.45, 2.75) is 0 Å². The predicted octanol–water partition coefficient (Wildman–Crippen LogP) is 11.2. The van der Waals surface area contributed by atoms with Gasteiger partial charge in [0.25, 0.3) is 0 Å². The number of fused-ring (bicyclic) bond motifs is 12. The lowest BCUT2D eigenvalue weighted by Gasteiger charge is -2.13. The lowest BCUT2D eigenvalue weighted by molar-refractivity contribution is 0.484. The van der Waals surface area contributed by atoms with Crippen molar-refractivity contribution in [3.63, 3.8) is 0 Å². The van der Waals surface area contributed by atoms with Crippen LogP contribution in [0.4, 0.5) is 0 Å². The van der Waals surface area contributed by atoms with Gasteiger partial charge in [0.15, 0.2) is 0 Å². The summed E-state index contributed by atoms with van der Waals surface area (Å²) in [5.74, 6) is 1.42. The van der Waals surface area contributed by atoms with E-state index in [9.17, 15) is 0 Å². The standard InChI is InChI=1S/C46H28N6O/c1-4-12-29(13-5-1)40-28-51-43-36(18-10-24-47-43)34-22-20-32(26-38(34)45(51)49-40)53-33-21-23-35-37-19-11-25-48-44(37)52-42(31-16-8-3-9-17-31)41(30-14-6-2-7-15-30)50-46(52)39(35)27-33/h1-28H. The minimum absolute atomic E-state index is 0.708. The van der Waals surface area contributed by atoms with E-state index in [0.717, 1.165) is 88.7 Å². The summed E-state index contributed by atoms with van der Waals surface area (Å²) in [5, 5.41) is 6.17. The van der Waals surface area contributed by atoms with Gasteiger partial charge < -0.3 is 4.74 Å². The molecular formula is C46H28N6O. The van der Waals surface area contributed by atoms with E-state index < -0.39 is 0 Å². The maximum absolute atomic E-state index is 6.71. The summed E-state index contributed by atoms with van der Waals surface area (Å²) < 4.78 is 11.0. The molecule has 53 heavy (non-hydrogen) atoms. The van der Waals surface area contributed by atoms with Gasteiger partial charge in [0.2, 0.25) is 0 Å². The molecule has 0 N–H and O–H groups in total. The van der Waals surface area contributed by atoms with Gasteiger partial charge in [0, 0.05) is 56.8 Å². The maximum Gasteiger partial charge on any atom is 0.147 e. The normalized spacial score (nSPS) is 11.8. The number of aromatic nitrogens is 6. The summed E-state index contributed by atoms with van der Waals surface area (Å²) in [6.45, 7) is 0. The summed E-state index contributed by atoms with van der Waals surface area (Å²) in [6, 6.07) is 51.7. The van der Waals surface area contributed by atoms with E-state index in [1.54, 1.807) is 0 Å². The number of hydrogen-bond acceptors (Lipinski definition) is 5. The van der Waals surface area contributed by atoms with E-state index in [1.807, 2.05) is 67.0 Å². The minimum atomic E-state index is 0.708. The second-order valence-corrected chi connectivity index (χ2v) is 13.2. The third-order valence-corrected chi connectivity index (χ3v) is 10.0. The van der Waals surface area contributed by atoms with Crippen molar-refractivity contribution >= 4 is 54.9 Å². The van der Waals surface area contributed by atoms with Crippen LogP contribution in [-0.4, -0.2) is 28.7 Å². The second kappa shape index (κ2) is 11.6. The minimum Gasteiger partial charge on any atom is -0.457 e. The van der Waals surface area contributed by atoms with E-state index in [1.165, 1.54) is 0 Å². The number of pyridine rings is 4. The molecule has 0 spiro atoms. The average Bonchev–Trinajstić information content (AvgIpc) is 3.87. The fraction of sp³-hybridized carbons (Fsp3) is 0. The molecule has 0 aliphatic heterocycles. The maximum atomic E-state index is 6.71. The molecule has 0 aliphatic carbocycles. The van der Waals surface area contributed by atoms with Gasteiger partial charge in [-0.3, -0.25) is 8.80 Å². The molecule has 6 heterocycles. The van der Waals surface area contributed by atoms with Crippen LogP contribution in [0.2, 0.25) is 0 Å². The van der Waals surface area contributed by atoms with Crippen LogP contribution in [0.3, 0.4) is 0 Å². The third kappa shape index (κ3) is 4.61. The lowest BCUT2D eigenvalue weighted by atomic mass is 10.0. The van der Waals surface area contributed by atoms with Gasteiger partial charge in [-0.1, -0.05) is 91.0 Å². The molecule has 11 aromatic rings. The largest absolute Gasteiger partial charge is 0.457 e. The van der Waals surface area contributed by atoms with Crippen LogP contribution in [0.5, 0.6) is 11.5 Å². The van der Waals surface area contributed by atoms with Gasteiger partial charge in [0.1, 0.15) is 34.1 Å². The monoisotopic (exact) mass is 680 g/mol. The molecule has 0 aliphatic rings. The third-order valence-electron chi connectivity index (χ3n) is 10.0. The highest BCUT2D eigenvalue weighted by Crippen LogP contribution is 2.40. The Labute approximate surface area is 303 Å². The van der Waals surface area contributed by atoms with E-state index >= 15 is 0 Å². The topological polar surface area (TPSA) is 69.6 Å². The molecule has 11 rings (SSSR count). The van der Waals surface area contributed by atoms with Crippen molar-refractivity contribution in [1.29, 1.82) is 0 Å². The van der Waals surface area contributed by atoms with Gasteiger partial charge in [0.05, 0.1) is 17.1 Å². The van der Waals surface area contributed by atoms with Gasteiger partial charge in [-0.05, 0) is 71.4 Å². The summed E-state index contributed by atoms with van der Waals surface area (Å²) in [7, 11) is 0. The molecule has 6 aromatic heterocycles. The van der Waals surface area contributed by atoms with E-state index in [4.69, 9.17) is 24.7 Å². The van der Waals surface area contributed by atoms with Crippen LogP contribution in [0.1, 0.15) is 0 Å². The summed E-state index contributed by atoms with van der Waals surface area (Å²) in [5.41, 5.74) is 9.31. The molecule has 0 amide bonds. The van der Waals surface area contributed by atoms with Gasteiger partial charge >= 0.3 is 0 Å². The van der Waals surface area contributed by atoms with E-state index in [0.29, 0.717) is 11.5 Å². The molecule has 7 nitrogen and oxygen atoms in total. The first-order valence-corrected chi connectivity index (χ1v) is 17.5. The molecule has 0 atom stereocenters. The zero-order valence-corrected chi connectivity index (χ0v) is 28.3. The lowest BCUT2D eigenvalue weighted by Crippen LogP contribution is -1.97. The fourth-order valence-corrected chi connectivity index (χ4v) is 7.68. The highest BCUT2D eigenvalue weighted by molar-refractivity contribution is 6.13. The van der Waals surface area contributed by atoms with Crippen LogP contribution >= 0.6 is 0 Å². The van der Waals surface area contributed by atoms with E-state index in [2.05, 4.69) is 112 Å².